The first kappa shape index (κ1) is 8.88. The minimum atomic E-state index is -0.403. The lowest BCUT2D eigenvalue weighted by molar-refractivity contribution is 0.117. The SMILES string of the molecule is C[C@H](N)[C@H](O)CN(C)C. The summed E-state index contributed by atoms with van der Waals surface area (Å²) in [6.45, 7) is 2.44. The molecular formula is C6H16N2O. The average molecular weight is 132 g/mol. The monoisotopic (exact) mass is 132 g/mol. The van der Waals surface area contributed by atoms with E-state index < -0.39 is 6.10 Å². The van der Waals surface area contributed by atoms with Crippen molar-refractivity contribution >= 4 is 0 Å². The van der Waals surface area contributed by atoms with Crippen molar-refractivity contribution < 1.29 is 5.11 Å². The van der Waals surface area contributed by atoms with Gasteiger partial charge in [-0.05, 0) is 21.0 Å². The van der Waals surface area contributed by atoms with Crippen LogP contribution in [-0.2, 0) is 0 Å². The summed E-state index contributed by atoms with van der Waals surface area (Å²) in [6, 6.07) is -0.132. The molecule has 9 heavy (non-hydrogen) atoms. The molecule has 0 saturated heterocycles. The lowest BCUT2D eigenvalue weighted by atomic mass is 10.2. The molecule has 0 aliphatic heterocycles. The normalized spacial score (nSPS) is 18.0. The molecule has 0 aromatic carbocycles. The van der Waals surface area contributed by atoms with Crippen LogP contribution in [0.5, 0.6) is 0 Å². The first-order chi connectivity index (χ1) is 4.04. The van der Waals surface area contributed by atoms with E-state index in [1.807, 2.05) is 19.0 Å². The van der Waals surface area contributed by atoms with Gasteiger partial charge in [-0.1, -0.05) is 0 Å². The molecule has 0 rings (SSSR count). The van der Waals surface area contributed by atoms with Crippen molar-refractivity contribution in [1.82, 2.24) is 4.90 Å². The second-order valence-electron chi connectivity index (χ2n) is 2.69. The van der Waals surface area contributed by atoms with E-state index >= 15 is 0 Å². The molecule has 0 radical (unpaired) electrons. The van der Waals surface area contributed by atoms with E-state index in [1.165, 1.54) is 0 Å². The van der Waals surface area contributed by atoms with Crippen molar-refractivity contribution in [3.05, 3.63) is 0 Å². The van der Waals surface area contributed by atoms with Gasteiger partial charge >= 0.3 is 0 Å². The molecule has 0 amide bonds. The molecule has 0 aromatic rings. The lowest BCUT2D eigenvalue weighted by Crippen LogP contribution is -2.39. The number of nitrogens with zero attached hydrogens (tertiary/aromatic N) is 1. The molecule has 3 N–H and O–H groups in total. The minimum Gasteiger partial charge on any atom is -0.390 e. The maximum absolute atomic E-state index is 9.13. The summed E-state index contributed by atoms with van der Waals surface area (Å²) in [5.41, 5.74) is 5.41. The largest absolute Gasteiger partial charge is 0.390 e. The number of aliphatic hydroxyl groups excluding tert-OH is 1. The van der Waals surface area contributed by atoms with Crippen LogP contribution in [0.2, 0.25) is 0 Å². The fourth-order valence-electron chi connectivity index (χ4n) is 0.540. The number of rotatable bonds is 3. The van der Waals surface area contributed by atoms with E-state index in [-0.39, 0.29) is 6.04 Å². The third kappa shape index (κ3) is 4.39. The number of likely N-dealkylation sites (N-methyl/N-ethyl adjacent to an activating group) is 1. The Labute approximate surface area is 56.5 Å². The van der Waals surface area contributed by atoms with Gasteiger partial charge in [0.15, 0.2) is 0 Å². The zero-order valence-corrected chi connectivity index (χ0v) is 6.33. The van der Waals surface area contributed by atoms with Crippen LogP contribution in [0.1, 0.15) is 6.92 Å². The van der Waals surface area contributed by atoms with Crippen molar-refractivity contribution in [3.8, 4) is 0 Å². The van der Waals surface area contributed by atoms with Gasteiger partial charge in [0.2, 0.25) is 0 Å². The zero-order valence-electron chi connectivity index (χ0n) is 6.33. The van der Waals surface area contributed by atoms with Crippen LogP contribution in [0.4, 0.5) is 0 Å². The zero-order chi connectivity index (χ0) is 7.44. The van der Waals surface area contributed by atoms with Crippen LogP contribution in [0.3, 0.4) is 0 Å². The Balaban J connectivity index is 3.38. The van der Waals surface area contributed by atoms with Crippen molar-refractivity contribution in [2.45, 2.75) is 19.1 Å². The van der Waals surface area contributed by atoms with Crippen LogP contribution in [0, 0.1) is 0 Å². The molecule has 0 unspecified atom stereocenters. The van der Waals surface area contributed by atoms with E-state index in [0.29, 0.717) is 6.54 Å². The van der Waals surface area contributed by atoms with Gasteiger partial charge in [-0.25, -0.2) is 0 Å². The minimum absolute atomic E-state index is 0.132. The quantitative estimate of drug-likeness (QED) is 0.531. The molecule has 0 aliphatic rings. The Morgan fingerprint density at radius 3 is 2.11 bits per heavy atom. The average Bonchev–Trinajstić information content (AvgIpc) is 1.63. The first-order valence-corrected chi connectivity index (χ1v) is 3.12. The van der Waals surface area contributed by atoms with Crippen molar-refractivity contribution in [2.75, 3.05) is 20.6 Å². The van der Waals surface area contributed by atoms with Gasteiger partial charge in [-0.2, -0.15) is 0 Å². The van der Waals surface area contributed by atoms with Gasteiger partial charge in [0.05, 0.1) is 6.10 Å². The fourth-order valence-corrected chi connectivity index (χ4v) is 0.540. The standard InChI is InChI=1S/C6H16N2O/c1-5(7)6(9)4-8(2)3/h5-6,9H,4,7H2,1-3H3/t5-,6+/m0/s1. The molecule has 0 heterocycles. The highest BCUT2D eigenvalue weighted by molar-refractivity contribution is 4.67. The smallest absolute Gasteiger partial charge is 0.0814 e. The fraction of sp³-hybridized carbons (Fsp3) is 1.00. The van der Waals surface area contributed by atoms with Crippen molar-refractivity contribution in [1.29, 1.82) is 0 Å². The highest BCUT2D eigenvalue weighted by Crippen LogP contribution is 1.89. The van der Waals surface area contributed by atoms with E-state index in [2.05, 4.69) is 0 Å². The van der Waals surface area contributed by atoms with Crippen molar-refractivity contribution in [2.24, 2.45) is 5.73 Å². The molecule has 0 aliphatic carbocycles. The third-order valence-corrected chi connectivity index (χ3v) is 1.16. The maximum Gasteiger partial charge on any atom is 0.0814 e. The van der Waals surface area contributed by atoms with Gasteiger partial charge in [0.1, 0.15) is 0 Å². The Morgan fingerprint density at radius 1 is 1.56 bits per heavy atom. The van der Waals surface area contributed by atoms with Crippen LogP contribution in [0.15, 0.2) is 0 Å². The predicted molar refractivity (Wildman–Crippen MR) is 38.2 cm³/mol. The van der Waals surface area contributed by atoms with Gasteiger partial charge in [0, 0.05) is 12.6 Å². The number of aliphatic hydroxyl groups is 1. The number of hydrogen-bond acceptors (Lipinski definition) is 3. The second kappa shape index (κ2) is 3.82. The van der Waals surface area contributed by atoms with E-state index in [9.17, 15) is 0 Å². The van der Waals surface area contributed by atoms with Gasteiger partial charge in [0.25, 0.3) is 0 Å². The predicted octanol–water partition coefficient (Wildman–Crippen LogP) is -0.744. The molecule has 0 saturated carbocycles. The van der Waals surface area contributed by atoms with Crippen LogP contribution in [-0.4, -0.2) is 42.8 Å². The summed E-state index contributed by atoms with van der Waals surface area (Å²) in [5, 5.41) is 9.13. The summed E-state index contributed by atoms with van der Waals surface area (Å²) in [5.74, 6) is 0. The Hall–Kier alpha value is -0.120. The highest BCUT2D eigenvalue weighted by atomic mass is 16.3. The van der Waals surface area contributed by atoms with Crippen LogP contribution in [0.25, 0.3) is 0 Å². The van der Waals surface area contributed by atoms with E-state index in [0.717, 1.165) is 0 Å². The Kier molecular flexibility index (Phi) is 3.77. The number of hydrogen-bond donors (Lipinski definition) is 2. The molecule has 0 fully saturated rings. The summed E-state index contributed by atoms with van der Waals surface area (Å²) < 4.78 is 0. The third-order valence-electron chi connectivity index (χ3n) is 1.16. The maximum atomic E-state index is 9.13. The van der Waals surface area contributed by atoms with E-state index in [1.54, 1.807) is 6.92 Å². The summed E-state index contributed by atoms with van der Waals surface area (Å²) in [4.78, 5) is 1.91. The molecule has 2 atom stereocenters. The Bertz CT molecular complexity index is 73.5. The van der Waals surface area contributed by atoms with Gasteiger partial charge in [-0.3, -0.25) is 0 Å². The first-order valence-electron chi connectivity index (χ1n) is 3.12. The number of nitrogens with two attached hydrogens (primary N) is 1. The molecule has 0 aromatic heterocycles. The Morgan fingerprint density at radius 2 is 2.00 bits per heavy atom. The molecule has 56 valence electrons. The molecule has 0 spiro atoms. The highest BCUT2D eigenvalue weighted by Gasteiger charge is 2.08. The van der Waals surface area contributed by atoms with Gasteiger partial charge in [-0.15, -0.1) is 0 Å². The molecule has 3 nitrogen and oxygen atoms in total. The molecule has 3 heteroatoms. The summed E-state index contributed by atoms with van der Waals surface area (Å²) in [7, 11) is 3.82. The van der Waals surface area contributed by atoms with Crippen molar-refractivity contribution in [3.63, 3.8) is 0 Å². The van der Waals surface area contributed by atoms with Crippen LogP contribution >= 0.6 is 0 Å². The topological polar surface area (TPSA) is 49.5 Å². The molecular weight excluding hydrogens is 116 g/mol. The lowest BCUT2D eigenvalue weighted by Gasteiger charge is -2.18. The van der Waals surface area contributed by atoms with E-state index in [4.69, 9.17) is 10.8 Å². The second-order valence-corrected chi connectivity index (χ2v) is 2.69. The van der Waals surface area contributed by atoms with Gasteiger partial charge < -0.3 is 15.7 Å². The summed E-state index contributed by atoms with van der Waals surface area (Å²) in [6.07, 6.45) is -0.403. The molecule has 0 bridgehead atoms. The summed E-state index contributed by atoms with van der Waals surface area (Å²) >= 11 is 0. The van der Waals surface area contributed by atoms with Crippen LogP contribution < -0.4 is 5.73 Å².